The van der Waals surface area contributed by atoms with Gasteiger partial charge in [0, 0.05) is 0 Å². The summed E-state index contributed by atoms with van der Waals surface area (Å²) in [6.07, 6.45) is -2.29. The molecule has 3 aromatic carbocycles. The van der Waals surface area contributed by atoms with E-state index >= 15 is 0 Å². The number of hydrogen-bond acceptors (Lipinski definition) is 3. The molecule has 116 valence electrons. The first kappa shape index (κ1) is 13.4. The van der Waals surface area contributed by atoms with Crippen LogP contribution in [0.4, 0.5) is 4.39 Å². The second kappa shape index (κ2) is 4.29. The maximum Gasteiger partial charge on any atom is 0.123 e. The zero-order valence-corrected chi connectivity index (χ0v) is 12.5. The van der Waals surface area contributed by atoms with Gasteiger partial charge in [0.15, 0.2) is 0 Å². The molecule has 0 amide bonds. The van der Waals surface area contributed by atoms with E-state index < -0.39 is 12.2 Å². The minimum Gasteiger partial charge on any atom is -0.387 e. The van der Waals surface area contributed by atoms with Crippen molar-refractivity contribution in [2.45, 2.75) is 31.3 Å². The Balaban J connectivity index is 1.90. The minimum absolute atomic E-state index is 0.163. The third-order valence-corrected chi connectivity index (χ3v) is 5.23. The van der Waals surface area contributed by atoms with Gasteiger partial charge in [-0.15, -0.1) is 0 Å². The number of halogens is 1. The molecule has 3 aromatic rings. The Hall–Kier alpha value is -2.01. The number of epoxide rings is 1. The van der Waals surface area contributed by atoms with Gasteiger partial charge in [-0.05, 0) is 63.4 Å². The van der Waals surface area contributed by atoms with Crippen molar-refractivity contribution in [2.75, 3.05) is 0 Å². The van der Waals surface area contributed by atoms with Crippen LogP contribution in [0.25, 0.3) is 21.5 Å². The van der Waals surface area contributed by atoms with Gasteiger partial charge in [-0.3, -0.25) is 0 Å². The number of rotatable bonds is 0. The van der Waals surface area contributed by atoms with Gasteiger partial charge in [-0.2, -0.15) is 0 Å². The van der Waals surface area contributed by atoms with E-state index in [1.165, 1.54) is 6.07 Å². The summed E-state index contributed by atoms with van der Waals surface area (Å²) in [6.45, 7) is 1.98. The van der Waals surface area contributed by atoms with Crippen LogP contribution >= 0.6 is 0 Å². The Kier molecular flexibility index (Phi) is 2.51. The van der Waals surface area contributed by atoms with Gasteiger partial charge >= 0.3 is 0 Å². The molecule has 1 aliphatic carbocycles. The predicted octanol–water partition coefficient (Wildman–Crippen LogP) is 3.29. The summed E-state index contributed by atoms with van der Waals surface area (Å²) in [4.78, 5) is 0. The molecule has 3 nitrogen and oxygen atoms in total. The lowest BCUT2D eigenvalue weighted by Crippen LogP contribution is -2.29. The number of hydrogen-bond donors (Lipinski definition) is 2. The second-order valence-corrected chi connectivity index (χ2v) is 6.49. The molecule has 0 radical (unpaired) electrons. The number of aryl methyl sites for hydroxylation is 1. The molecule has 2 aliphatic rings. The lowest BCUT2D eigenvalue weighted by atomic mass is 9.83. The van der Waals surface area contributed by atoms with Gasteiger partial charge in [0.05, 0.1) is 0 Å². The maximum absolute atomic E-state index is 13.6. The van der Waals surface area contributed by atoms with Crippen molar-refractivity contribution in [1.29, 1.82) is 0 Å². The molecule has 0 saturated carbocycles. The number of fused-ring (bicyclic) bond motifs is 6. The smallest absolute Gasteiger partial charge is 0.123 e. The van der Waals surface area contributed by atoms with Crippen LogP contribution < -0.4 is 0 Å². The molecule has 5 rings (SSSR count). The van der Waals surface area contributed by atoms with Crippen LogP contribution in [-0.2, 0) is 4.74 Å². The fourth-order valence-corrected chi connectivity index (χ4v) is 3.97. The molecule has 0 spiro atoms. The molecule has 4 atom stereocenters. The number of ether oxygens (including phenoxy) is 1. The number of benzene rings is 3. The summed E-state index contributed by atoms with van der Waals surface area (Å²) in [5.74, 6) is -0.248. The Labute approximate surface area is 131 Å². The third-order valence-electron chi connectivity index (χ3n) is 5.23. The second-order valence-electron chi connectivity index (χ2n) is 6.49. The zero-order chi connectivity index (χ0) is 15.9. The predicted molar refractivity (Wildman–Crippen MR) is 84.7 cm³/mol. The average Bonchev–Trinajstić information content (AvgIpc) is 3.33. The number of aliphatic hydroxyl groups is 2. The summed E-state index contributed by atoms with van der Waals surface area (Å²) in [5.41, 5.74) is 2.70. The molecule has 0 bridgehead atoms. The van der Waals surface area contributed by atoms with Gasteiger partial charge in [-0.1, -0.05) is 18.2 Å². The van der Waals surface area contributed by atoms with E-state index in [9.17, 15) is 14.6 Å². The molecular weight excluding hydrogens is 295 g/mol. The fourth-order valence-electron chi connectivity index (χ4n) is 3.97. The highest BCUT2D eigenvalue weighted by atomic mass is 19.1. The van der Waals surface area contributed by atoms with Crippen LogP contribution in [0.1, 0.15) is 28.9 Å². The number of aliphatic hydroxyl groups excluding tert-OH is 2. The molecule has 2 N–H and O–H groups in total. The highest BCUT2D eigenvalue weighted by Gasteiger charge is 2.54. The van der Waals surface area contributed by atoms with E-state index in [2.05, 4.69) is 0 Å². The highest BCUT2D eigenvalue weighted by Crippen LogP contribution is 2.53. The Bertz CT molecular complexity index is 981. The van der Waals surface area contributed by atoms with Crippen LogP contribution in [0.5, 0.6) is 0 Å². The summed E-state index contributed by atoms with van der Waals surface area (Å²) < 4.78 is 19.2. The minimum atomic E-state index is -0.928. The normalized spacial score (nSPS) is 28.7. The average molecular weight is 310 g/mol. The first-order valence-electron chi connectivity index (χ1n) is 7.73. The van der Waals surface area contributed by atoms with E-state index in [4.69, 9.17) is 4.74 Å². The van der Waals surface area contributed by atoms with Gasteiger partial charge in [0.25, 0.3) is 0 Å². The van der Waals surface area contributed by atoms with E-state index in [0.29, 0.717) is 0 Å². The Morgan fingerprint density at radius 3 is 2.65 bits per heavy atom. The standard InChI is InChI=1S/C19H15FO3/c1-8-11-4-5-12-15(18-19(23-18)17(22)16(12)21)14(11)6-9-2-3-10(20)7-13(8)9/h2-7,16-19,21-22H,1H3/t16-,17+,18-,19+/m0/s1. The summed E-state index contributed by atoms with van der Waals surface area (Å²) >= 11 is 0. The van der Waals surface area contributed by atoms with Gasteiger partial charge in [0.1, 0.15) is 30.2 Å². The molecule has 4 heteroatoms. The van der Waals surface area contributed by atoms with Crippen LogP contribution in [0.15, 0.2) is 36.4 Å². The molecular formula is C19H15FO3. The maximum atomic E-state index is 13.6. The SMILES string of the molecule is Cc1c2cc(F)ccc2cc2c3c(ccc12)[C@H](O)[C@@H](O)[C@H]1O[C@@H]31. The molecule has 1 heterocycles. The van der Waals surface area contributed by atoms with Crippen LogP contribution in [0.3, 0.4) is 0 Å². The summed E-state index contributed by atoms with van der Waals surface area (Å²) in [5, 5.41) is 24.3. The molecule has 1 aliphatic heterocycles. The van der Waals surface area contributed by atoms with Gasteiger partial charge in [0.2, 0.25) is 0 Å². The monoisotopic (exact) mass is 310 g/mol. The van der Waals surface area contributed by atoms with Crippen molar-refractivity contribution in [3.05, 3.63) is 58.9 Å². The first-order valence-corrected chi connectivity index (χ1v) is 7.73. The van der Waals surface area contributed by atoms with Crippen molar-refractivity contribution in [3.8, 4) is 0 Å². The first-order chi connectivity index (χ1) is 11.1. The van der Waals surface area contributed by atoms with E-state index in [0.717, 1.165) is 38.2 Å². The topological polar surface area (TPSA) is 53.0 Å². The molecule has 0 unspecified atom stereocenters. The Morgan fingerprint density at radius 1 is 1.00 bits per heavy atom. The lowest BCUT2D eigenvalue weighted by molar-refractivity contribution is 0.000105. The van der Waals surface area contributed by atoms with Gasteiger partial charge in [-0.25, -0.2) is 4.39 Å². The fraction of sp³-hybridized carbons (Fsp3) is 0.263. The van der Waals surface area contributed by atoms with Crippen molar-refractivity contribution in [3.63, 3.8) is 0 Å². The largest absolute Gasteiger partial charge is 0.387 e. The highest BCUT2D eigenvalue weighted by molar-refractivity contribution is 6.04. The molecule has 1 saturated heterocycles. The summed E-state index contributed by atoms with van der Waals surface area (Å²) in [6, 6.07) is 10.6. The van der Waals surface area contributed by atoms with E-state index in [-0.39, 0.29) is 18.0 Å². The van der Waals surface area contributed by atoms with Crippen molar-refractivity contribution in [2.24, 2.45) is 0 Å². The zero-order valence-electron chi connectivity index (χ0n) is 12.5. The Morgan fingerprint density at radius 2 is 1.83 bits per heavy atom. The van der Waals surface area contributed by atoms with Crippen LogP contribution in [-0.4, -0.2) is 22.4 Å². The van der Waals surface area contributed by atoms with Gasteiger partial charge < -0.3 is 14.9 Å². The van der Waals surface area contributed by atoms with E-state index in [1.54, 1.807) is 12.1 Å². The summed E-state index contributed by atoms with van der Waals surface area (Å²) in [7, 11) is 0. The third kappa shape index (κ3) is 1.68. The molecule has 23 heavy (non-hydrogen) atoms. The lowest BCUT2D eigenvalue weighted by Gasteiger charge is -2.25. The molecule has 1 fully saturated rings. The van der Waals surface area contributed by atoms with Crippen molar-refractivity contribution in [1.82, 2.24) is 0 Å². The van der Waals surface area contributed by atoms with E-state index in [1.807, 2.05) is 25.1 Å². The van der Waals surface area contributed by atoms with Crippen molar-refractivity contribution < 1.29 is 19.3 Å². The molecule has 0 aromatic heterocycles. The quantitative estimate of drug-likeness (QED) is 0.495. The van der Waals surface area contributed by atoms with Crippen molar-refractivity contribution >= 4 is 21.5 Å². The van der Waals surface area contributed by atoms with Crippen LogP contribution in [0, 0.1) is 12.7 Å². The van der Waals surface area contributed by atoms with Crippen LogP contribution in [0.2, 0.25) is 0 Å².